The molecule has 2 amide bonds. The molecule has 1 heterocycles. The zero-order valence-electron chi connectivity index (χ0n) is 8.90. The molecule has 0 aliphatic carbocycles. The summed E-state index contributed by atoms with van der Waals surface area (Å²) < 4.78 is 0. The Morgan fingerprint density at radius 2 is 1.94 bits per heavy atom. The fourth-order valence-corrected chi connectivity index (χ4v) is 1.81. The van der Waals surface area contributed by atoms with Gasteiger partial charge in [0.05, 0.1) is 0 Å². The zero-order valence-corrected chi connectivity index (χ0v) is 8.90. The summed E-state index contributed by atoms with van der Waals surface area (Å²) in [6.45, 7) is 1.63. The first kappa shape index (κ1) is 10.7. The van der Waals surface area contributed by atoms with Gasteiger partial charge in [-0.2, -0.15) is 0 Å². The highest BCUT2D eigenvalue weighted by molar-refractivity contribution is 5.97. The van der Waals surface area contributed by atoms with Crippen LogP contribution in [0, 0.1) is 6.07 Å². The summed E-state index contributed by atoms with van der Waals surface area (Å²) in [6, 6.07) is 7.40. The Labute approximate surface area is 94.0 Å². The van der Waals surface area contributed by atoms with Crippen LogP contribution in [0.2, 0.25) is 0 Å². The zero-order chi connectivity index (χ0) is 11.5. The Hall–Kier alpha value is -1.84. The second-order valence-electron chi connectivity index (χ2n) is 3.85. The number of nitrogens with zero attached hydrogens (tertiary/aromatic N) is 1. The standard InChI is InChI=1S/C12H13N2O2/c13-11(15)9-3-5-10(6-4-9)12(16)14-7-1-2-8-14/h3,5-6H,1-2,7-8H2,(H2,13,15). The maximum Gasteiger partial charge on any atom is 0.253 e. The van der Waals surface area contributed by atoms with Crippen LogP contribution in [0.3, 0.4) is 0 Å². The quantitative estimate of drug-likeness (QED) is 0.797. The van der Waals surface area contributed by atoms with Crippen molar-refractivity contribution in [3.63, 3.8) is 0 Å². The first-order chi connectivity index (χ1) is 7.68. The smallest absolute Gasteiger partial charge is 0.253 e. The highest BCUT2D eigenvalue weighted by Crippen LogP contribution is 2.13. The van der Waals surface area contributed by atoms with E-state index in [4.69, 9.17) is 5.73 Å². The molecule has 83 valence electrons. The summed E-state index contributed by atoms with van der Waals surface area (Å²) in [7, 11) is 0. The Morgan fingerprint density at radius 3 is 2.44 bits per heavy atom. The predicted octanol–water partition coefficient (Wildman–Crippen LogP) is 0.822. The molecule has 2 rings (SSSR count). The van der Waals surface area contributed by atoms with Gasteiger partial charge in [-0.05, 0) is 37.1 Å². The van der Waals surface area contributed by atoms with Crippen LogP contribution in [0.25, 0.3) is 0 Å². The van der Waals surface area contributed by atoms with E-state index < -0.39 is 5.91 Å². The SMILES string of the molecule is NC(=O)c1[c]cc(C(=O)N2CCCC2)cc1. The predicted molar refractivity (Wildman–Crippen MR) is 58.9 cm³/mol. The second-order valence-corrected chi connectivity index (χ2v) is 3.85. The van der Waals surface area contributed by atoms with Crippen LogP contribution in [0.15, 0.2) is 18.2 Å². The van der Waals surface area contributed by atoms with Crippen molar-refractivity contribution in [1.82, 2.24) is 4.90 Å². The average molecular weight is 217 g/mol. The van der Waals surface area contributed by atoms with Crippen LogP contribution in [0.5, 0.6) is 0 Å². The molecule has 0 spiro atoms. The molecule has 0 bridgehead atoms. The molecule has 1 aliphatic rings. The lowest BCUT2D eigenvalue weighted by molar-refractivity contribution is 0.0792. The summed E-state index contributed by atoms with van der Waals surface area (Å²) in [5.41, 5.74) is 5.96. The van der Waals surface area contributed by atoms with E-state index in [9.17, 15) is 9.59 Å². The highest BCUT2D eigenvalue weighted by atomic mass is 16.2. The van der Waals surface area contributed by atoms with Crippen molar-refractivity contribution in [3.05, 3.63) is 35.4 Å². The number of amides is 2. The summed E-state index contributed by atoms with van der Waals surface area (Å²) in [5.74, 6) is -0.523. The molecule has 0 aromatic heterocycles. The number of hydrogen-bond donors (Lipinski definition) is 1. The molecule has 1 aromatic carbocycles. The van der Waals surface area contributed by atoms with E-state index in [1.54, 1.807) is 6.07 Å². The molecule has 4 nitrogen and oxygen atoms in total. The van der Waals surface area contributed by atoms with Crippen LogP contribution < -0.4 is 5.73 Å². The molecule has 1 aromatic rings. The number of carbonyl (C=O) groups excluding carboxylic acids is 2. The molecule has 1 aliphatic heterocycles. The van der Waals surface area contributed by atoms with E-state index in [-0.39, 0.29) is 5.91 Å². The topological polar surface area (TPSA) is 63.4 Å². The highest BCUT2D eigenvalue weighted by Gasteiger charge is 2.19. The van der Waals surface area contributed by atoms with Gasteiger partial charge in [-0.25, -0.2) is 0 Å². The van der Waals surface area contributed by atoms with Gasteiger partial charge in [0.15, 0.2) is 0 Å². The van der Waals surface area contributed by atoms with E-state index in [2.05, 4.69) is 6.07 Å². The molecule has 1 radical (unpaired) electrons. The number of primary amides is 1. The van der Waals surface area contributed by atoms with Crippen molar-refractivity contribution in [2.75, 3.05) is 13.1 Å². The van der Waals surface area contributed by atoms with Gasteiger partial charge >= 0.3 is 0 Å². The first-order valence-corrected chi connectivity index (χ1v) is 5.29. The lowest BCUT2D eigenvalue weighted by Crippen LogP contribution is -2.27. The Bertz CT molecular complexity index is 406. The minimum Gasteiger partial charge on any atom is -0.366 e. The van der Waals surface area contributed by atoms with E-state index in [0.29, 0.717) is 11.1 Å². The molecule has 1 fully saturated rings. The van der Waals surface area contributed by atoms with Crippen LogP contribution >= 0.6 is 0 Å². The number of rotatable bonds is 2. The van der Waals surface area contributed by atoms with Crippen LogP contribution in [-0.4, -0.2) is 29.8 Å². The van der Waals surface area contributed by atoms with E-state index >= 15 is 0 Å². The van der Waals surface area contributed by atoms with Crippen molar-refractivity contribution < 1.29 is 9.59 Å². The number of hydrogen-bond acceptors (Lipinski definition) is 2. The maximum atomic E-state index is 11.9. The van der Waals surface area contributed by atoms with Crippen molar-refractivity contribution in [3.8, 4) is 0 Å². The number of benzene rings is 1. The summed E-state index contributed by atoms with van der Waals surface area (Å²) >= 11 is 0. The van der Waals surface area contributed by atoms with Crippen LogP contribution in [0.1, 0.15) is 33.6 Å². The Kier molecular flexibility index (Phi) is 2.90. The Balaban J connectivity index is 2.14. The van der Waals surface area contributed by atoms with E-state index in [1.165, 1.54) is 12.1 Å². The van der Waals surface area contributed by atoms with Gasteiger partial charge in [-0.15, -0.1) is 0 Å². The molecular formula is C12H13N2O2. The van der Waals surface area contributed by atoms with Gasteiger partial charge in [0, 0.05) is 24.2 Å². The van der Waals surface area contributed by atoms with Crippen molar-refractivity contribution in [2.45, 2.75) is 12.8 Å². The van der Waals surface area contributed by atoms with Crippen molar-refractivity contribution in [1.29, 1.82) is 0 Å². The van der Waals surface area contributed by atoms with Gasteiger partial charge in [0.25, 0.3) is 5.91 Å². The molecule has 0 saturated carbocycles. The first-order valence-electron chi connectivity index (χ1n) is 5.29. The maximum absolute atomic E-state index is 11.9. The van der Waals surface area contributed by atoms with Gasteiger partial charge in [-0.3, -0.25) is 9.59 Å². The van der Waals surface area contributed by atoms with Gasteiger partial charge in [0.2, 0.25) is 5.91 Å². The van der Waals surface area contributed by atoms with Gasteiger partial charge in [0.1, 0.15) is 0 Å². The third-order valence-corrected chi connectivity index (χ3v) is 2.72. The molecule has 4 heteroatoms. The van der Waals surface area contributed by atoms with Gasteiger partial charge in [-0.1, -0.05) is 0 Å². The minimum atomic E-state index is -0.528. The largest absolute Gasteiger partial charge is 0.366 e. The van der Waals surface area contributed by atoms with Crippen molar-refractivity contribution in [2.24, 2.45) is 5.73 Å². The van der Waals surface area contributed by atoms with Crippen molar-refractivity contribution >= 4 is 11.8 Å². The number of nitrogens with two attached hydrogens (primary N) is 1. The molecule has 0 unspecified atom stereocenters. The summed E-state index contributed by atoms with van der Waals surface area (Å²) in [6.07, 6.45) is 2.13. The average Bonchev–Trinajstić information content (AvgIpc) is 2.81. The molecule has 0 atom stereocenters. The van der Waals surface area contributed by atoms with E-state index in [1.807, 2.05) is 4.90 Å². The summed E-state index contributed by atoms with van der Waals surface area (Å²) in [5, 5.41) is 0. The summed E-state index contributed by atoms with van der Waals surface area (Å²) in [4.78, 5) is 24.6. The van der Waals surface area contributed by atoms with E-state index in [0.717, 1.165) is 25.9 Å². The fourth-order valence-electron chi connectivity index (χ4n) is 1.81. The molecule has 1 saturated heterocycles. The van der Waals surface area contributed by atoms with Crippen LogP contribution in [-0.2, 0) is 0 Å². The lowest BCUT2D eigenvalue weighted by Gasteiger charge is -2.14. The van der Waals surface area contributed by atoms with Crippen LogP contribution in [0.4, 0.5) is 0 Å². The molecule has 16 heavy (non-hydrogen) atoms. The molecular weight excluding hydrogens is 204 g/mol. The minimum absolute atomic E-state index is 0.00442. The molecule has 2 N–H and O–H groups in total. The van der Waals surface area contributed by atoms with Gasteiger partial charge < -0.3 is 10.6 Å². The third-order valence-electron chi connectivity index (χ3n) is 2.72. The monoisotopic (exact) mass is 217 g/mol. The fraction of sp³-hybridized carbons (Fsp3) is 0.333. The number of carbonyl (C=O) groups is 2. The second kappa shape index (κ2) is 4.35. The Morgan fingerprint density at radius 1 is 1.25 bits per heavy atom. The normalized spacial score (nSPS) is 15.1. The number of likely N-dealkylation sites (tertiary alicyclic amines) is 1. The lowest BCUT2D eigenvalue weighted by atomic mass is 10.1. The third kappa shape index (κ3) is 2.05.